The highest BCUT2D eigenvalue weighted by Crippen LogP contribution is 2.22. The third-order valence-electron chi connectivity index (χ3n) is 4.54. The molecule has 0 radical (unpaired) electrons. The van der Waals surface area contributed by atoms with Crippen molar-refractivity contribution in [3.05, 3.63) is 65.7 Å². The van der Waals surface area contributed by atoms with Crippen molar-refractivity contribution in [2.45, 2.75) is 26.3 Å². The van der Waals surface area contributed by atoms with E-state index in [1.807, 2.05) is 19.9 Å². The smallest absolute Gasteiger partial charge is 0.325 e. The lowest BCUT2D eigenvalue weighted by atomic mass is 10.1. The van der Waals surface area contributed by atoms with Gasteiger partial charge in [-0.3, -0.25) is 19.3 Å². The Bertz CT molecular complexity index is 923. The fourth-order valence-corrected chi connectivity index (χ4v) is 3.10. The van der Waals surface area contributed by atoms with Crippen molar-refractivity contribution < 1.29 is 19.2 Å². The van der Waals surface area contributed by atoms with Crippen LogP contribution in [-0.4, -0.2) is 35.1 Å². The summed E-state index contributed by atoms with van der Waals surface area (Å²) >= 11 is 0. The van der Waals surface area contributed by atoms with E-state index in [0.29, 0.717) is 23.2 Å². The summed E-state index contributed by atoms with van der Waals surface area (Å²) in [6.07, 6.45) is 0.412. The Kier molecular flexibility index (Phi) is 6.07. The molecule has 0 saturated carbocycles. The first-order chi connectivity index (χ1) is 13.8. The number of urea groups is 1. The van der Waals surface area contributed by atoms with Gasteiger partial charge in [0.15, 0.2) is 5.78 Å². The van der Waals surface area contributed by atoms with Gasteiger partial charge in [0.1, 0.15) is 6.04 Å². The first-order valence-corrected chi connectivity index (χ1v) is 9.45. The Balaban J connectivity index is 1.63. The number of carbonyl (C=O) groups is 4. The predicted octanol–water partition coefficient (Wildman–Crippen LogP) is 3.15. The van der Waals surface area contributed by atoms with Gasteiger partial charge in [-0.2, -0.15) is 0 Å². The second-order valence-corrected chi connectivity index (χ2v) is 7.36. The number of nitrogens with one attached hydrogen (secondary N) is 2. The van der Waals surface area contributed by atoms with Crippen LogP contribution in [0.5, 0.6) is 0 Å². The minimum absolute atomic E-state index is 0.0923. The van der Waals surface area contributed by atoms with Crippen LogP contribution in [0.25, 0.3) is 0 Å². The molecule has 0 bridgehead atoms. The van der Waals surface area contributed by atoms with E-state index in [4.69, 9.17) is 0 Å². The zero-order valence-electron chi connectivity index (χ0n) is 16.3. The quantitative estimate of drug-likeness (QED) is 0.558. The predicted molar refractivity (Wildman–Crippen MR) is 108 cm³/mol. The van der Waals surface area contributed by atoms with Crippen LogP contribution in [0.4, 0.5) is 10.5 Å². The molecule has 0 aromatic heterocycles. The van der Waals surface area contributed by atoms with E-state index >= 15 is 0 Å². The topological polar surface area (TPSA) is 95.6 Å². The molecule has 1 heterocycles. The van der Waals surface area contributed by atoms with E-state index < -0.39 is 18.0 Å². The lowest BCUT2D eigenvalue weighted by Gasteiger charge is -2.13. The SMILES string of the molecule is CC(C)CC(=O)Nc1ccc(C(=O)CN2C(=O)NC(c3ccccc3)C2=O)cc1. The first kappa shape index (κ1) is 20.3. The molecule has 2 N–H and O–H groups in total. The largest absolute Gasteiger partial charge is 0.326 e. The number of anilines is 1. The summed E-state index contributed by atoms with van der Waals surface area (Å²) < 4.78 is 0. The number of amides is 4. The van der Waals surface area contributed by atoms with Crippen molar-refractivity contribution in [2.24, 2.45) is 5.92 Å². The molecule has 7 heteroatoms. The summed E-state index contributed by atoms with van der Waals surface area (Å²) in [5.41, 5.74) is 1.62. The van der Waals surface area contributed by atoms with Crippen LogP contribution in [0.15, 0.2) is 54.6 Å². The Labute approximate surface area is 169 Å². The highest BCUT2D eigenvalue weighted by molar-refractivity contribution is 6.09. The minimum Gasteiger partial charge on any atom is -0.326 e. The monoisotopic (exact) mass is 393 g/mol. The highest BCUT2D eigenvalue weighted by Gasteiger charge is 2.39. The maximum Gasteiger partial charge on any atom is 0.325 e. The van der Waals surface area contributed by atoms with Gasteiger partial charge in [-0.25, -0.2) is 4.79 Å². The van der Waals surface area contributed by atoms with Gasteiger partial charge in [-0.1, -0.05) is 44.2 Å². The maximum atomic E-state index is 12.6. The number of imide groups is 1. The van der Waals surface area contributed by atoms with Gasteiger partial charge < -0.3 is 10.6 Å². The second-order valence-electron chi connectivity index (χ2n) is 7.36. The number of carbonyl (C=O) groups excluding carboxylic acids is 4. The summed E-state index contributed by atoms with van der Waals surface area (Å²) in [7, 11) is 0. The third kappa shape index (κ3) is 4.87. The van der Waals surface area contributed by atoms with Crippen molar-refractivity contribution in [2.75, 3.05) is 11.9 Å². The van der Waals surface area contributed by atoms with Gasteiger partial charge in [0.05, 0.1) is 6.54 Å². The molecular weight excluding hydrogens is 370 g/mol. The fraction of sp³-hybridized carbons (Fsp3) is 0.273. The van der Waals surface area contributed by atoms with Crippen molar-refractivity contribution >= 4 is 29.3 Å². The molecule has 1 fully saturated rings. The summed E-state index contributed by atoms with van der Waals surface area (Å²) in [6, 6.07) is 13.9. The Morgan fingerprint density at radius 1 is 1.03 bits per heavy atom. The first-order valence-electron chi connectivity index (χ1n) is 9.45. The molecule has 3 rings (SSSR count). The van der Waals surface area contributed by atoms with Gasteiger partial charge in [0.2, 0.25) is 5.91 Å². The van der Waals surface area contributed by atoms with Crippen molar-refractivity contribution in [3.63, 3.8) is 0 Å². The number of Topliss-reactive ketones (excluding diaryl/α,β-unsaturated/α-hetero) is 1. The summed E-state index contributed by atoms with van der Waals surface area (Å²) in [5, 5.41) is 5.38. The standard InChI is InChI=1S/C22H23N3O4/c1-14(2)12-19(27)23-17-10-8-15(9-11-17)18(26)13-25-21(28)20(24-22(25)29)16-6-4-3-5-7-16/h3-11,14,20H,12-13H2,1-2H3,(H,23,27)(H,24,29). The van der Waals surface area contributed by atoms with Gasteiger partial charge in [-0.05, 0) is 35.7 Å². The third-order valence-corrected chi connectivity index (χ3v) is 4.54. The lowest BCUT2D eigenvalue weighted by Crippen LogP contribution is -2.35. The molecule has 1 aliphatic rings. The van der Waals surface area contributed by atoms with E-state index in [-0.39, 0.29) is 24.2 Å². The molecule has 1 aliphatic heterocycles. The second kappa shape index (κ2) is 8.68. The molecule has 7 nitrogen and oxygen atoms in total. The highest BCUT2D eigenvalue weighted by atomic mass is 16.2. The van der Waals surface area contributed by atoms with Crippen molar-refractivity contribution in [3.8, 4) is 0 Å². The molecule has 1 saturated heterocycles. The van der Waals surface area contributed by atoms with Crippen LogP contribution in [0.2, 0.25) is 0 Å². The number of hydrogen-bond donors (Lipinski definition) is 2. The molecule has 0 spiro atoms. The van der Waals surface area contributed by atoms with Crippen LogP contribution in [-0.2, 0) is 9.59 Å². The van der Waals surface area contributed by atoms with E-state index in [1.165, 1.54) is 0 Å². The average Bonchev–Trinajstić information content (AvgIpc) is 2.96. The molecule has 29 heavy (non-hydrogen) atoms. The molecule has 0 aliphatic carbocycles. The van der Waals surface area contributed by atoms with Crippen LogP contribution in [0.1, 0.15) is 42.2 Å². The van der Waals surface area contributed by atoms with Gasteiger partial charge >= 0.3 is 6.03 Å². The van der Waals surface area contributed by atoms with Crippen LogP contribution < -0.4 is 10.6 Å². The van der Waals surface area contributed by atoms with Gasteiger partial charge in [0, 0.05) is 17.7 Å². The zero-order chi connectivity index (χ0) is 21.0. The number of rotatable bonds is 7. The van der Waals surface area contributed by atoms with Gasteiger partial charge in [-0.15, -0.1) is 0 Å². The Morgan fingerprint density at radius 3 is 2.31 bits per heavy atom. The number of benzene rings is 2. The lowest BCUT2D eigenvalue weighted by molar-refractivity contribution is -0.127. The van der Waals surface area contributed by atoms with Gasteiger partial charge in [0.25, 0.3) is 5.91 Å². The molecule has 1 atom stereocenters. The molecule has 2 aromatic carbocycles. The van der Waals surface area contributed by atoms with E-state index in [2.05, 4.69) is 10.6 Å². The van der Waals surface area contributed by atoms with Crippen molar-refractivity contribution in [1.82, 2.24) is 10.2 Å². The van der Waals surface area contributed by atoms with E-state index in [1.54, 1.807) is 48.5 Å². The molecular formula is C22H23N3O4. The summed E-state index contributed by atoms with van der Waals surface area (Å²) in [4.78, 5) is 50.1. The Morgan fingerprint density at radius 2 is 1.69 bits per heavy atom. The molecule has 150 valence electrons. The number of hydrogen-bond acceptors (Lipinski definition) is 4. The Hall–Kier alpha value is -3.48. The van der Waals surface area contributed by atoms with Crippen LogP contribution >= 0.6 is 0 Å². The molecule has 4 amide bonds. The number of nitrogens with zero attached hydrogens (tertiary/aromatic N) is 1. The number of ketones is 1. The fourth-order valence-electron chi connectivity index (χ4n) is 3.10. The summed E-state index contributed by atoms with van der Waals surface area (Å²) in [5.74, 6) is -0.653. The molecule has 2 aromatic rings. The van der Waals surface area contributed by atoms with Crippen LogP contribution in [0.3, 0.4) is 0 Å². The average molecular weight is 393 g/mol. The van der Waals surface area contributed by atoms with Crippen molar-refractivity contribution in [1.29, 1.82) is 0 Å². The minimum atomic E-state index is -0.782. The zero-order valence-corrected chi connectivity index (χ0v) is 16.3. The van der Waals surface area contributed by atoms with E-state index in [0.717, 1.165) is 4.90 Å². The molecule has 1 unspecified atom stereocenters. The summed E-state index contributed by atoms with van der Waals surface area (Å²) in [6.45, 7) is 3.58. The van der Waals surface area contributed by atoms with E-state index in [9.17, 15) is 19.2 Å². The normalized spacial score (nSPS) is 16.1. The maximum absolute atomic E-state index is 12.6. The van der Waals surface area contributed by atoms with Crippen LogP contribution in [0, 0.1) is 5.92 Å².